The number of benzene rings is 1. The Bertz CT molecular complexity index is 409. The summed E-state index contributed by atoms with van der Waals surface area (Å²) in [5.74, 6) is 1.58. The molecule has 0 aliphatic carbocycles. The van der Waals surface area contributed by atoms with Crippen molar-refractivity contribution in [2.24, 2.45) is 11.7 Å². The van der Waals surface area contributed by atoms with E-state index < -0.39 is 0 Å². The molecule has 2 heteroatoms. The van der Waals surface area contributed by atoms with Gasteiger partial charge in [0, 0.05) is 12.5 Å². The molecule has 1 aliphatic heterocycles. The van der Waals surface area contributed by atoms with Gasteiger partial charge in [-0.2, -0.15) is 0 Å². The van der Waals surface area contributed by atoms with Gasteiger partial charge in [-0.15, -0.1) is 0 Å². The van der Waals surface area contributed by atoms with E-state index in [9.17, 15) is 0 Å². The second-order valence-corrected chi connectivity index (χ2v) is 6.06. The van der Waals surface area contributed by atoms with E-state index in [1.165, 1.54) is 11.1 Å². The molecular formula is C15H23NO. The van der Waals surface area contributed by atoms with E-state index in [0.29, 0.717) is 5.92 Å². The van der Waals surface area contributed by atoms with Gasteiger partial charge in [0.05, 0.1) is 0 Å². The van der Waals surface area contributed by atoms with Gasteiger partial charge in [-0.05, 0) is 37.3 Å². The van der Waals surface area contributed by atoms with E-state index in [1.807, 2.05) is 0 Å². The minimum absolute atomic E-state index is 0.0691. The Hall–Kier alpha value is -1.02. The molecule has 0 spiro atoms. The smallest absolute Gasteiger partial charge is 0.126 e. The lowest BCUT2D eigenvalue weighted by Gasteiger charge is -2.20. The lowest BCUT2D eigenvalue weighted by Crippen LogP contribution is -2.29. The van der Waals surface area contributed by atoms with Gasteiger partial charge in [-0.25, -0.2) is 0 Å². The van der Waals surface area contributed by atoms with Crippen LogP contribution >= 0.6 is 0 Å². The van der Waals surface area contributed by atoms with E-state index in [0.717, 1.165) is 18.6 Å². The summed E-state index contributed by atoms with van der Waals surface area (Å²) < 4.78 is 6.05. The minimum atomic E-state index is -0.0691. The van der Waals surface area contributed by atoms with E-state index in [-0.39, 0.29) is 11.6 Å². The summed E-state index contributed by atoms with van der Waals surface area (Å²) in [6.45, 7) is 8.61. The van der Waals surface area contributed by atoms with Gasteiger partial charge < -0.3 is 10.5 Å². The Morgan fingerprint density at radius 2 is 2.06 bits per heavy atom. The second kappa shape index (κ2) is 4.34. The highest BCUT2D eigenvalue weighted by Gasteiger charge is 2.31. The average molecular weight is 233 g/mol. The average Bonchev–Trinajstić information content (AvgIpc) is 2.53. The Labute approximate surface area is 104 Å². The standard InChI is InChI=1S/C15H23NO/c1-10(2)13(16)8-11-6-5-7-12-9-15(3,4)17-14(11)12/h5-7,10,13H,8-9,16H2,1-4H3. The largest absolute Gasteiger partial charge is 0.487 e. The first kappa shape index (κ1) is 12.4. The van der Waals surface area contributed by atoms with Gasteiger partial charge in [0.2, 0.25) is 0 Å². The summed E-state index contributed by atoms with van der Waals surface area (Å²) in [5, 5.41) is 0. The van der Waals surface area contributed by atoms with E-state index in [2.05, 4.69) is 45.9 Å². The zero-order chi connectivity index (χ0) is 12.6. The SMILES string of the molecule is CC(C)C(N)Cc1cccc2c1OC(C)(C)C2. The predicted octanol–water partition coefficient (Wildman–Crippen LogP) is 2.93. The molecule has 0 amide bonds. The molecule has 17 heavy (non-hydrogen) atoms. The number of nitrogens with two attached hydrogens (primary N) is 1. The molecule has 2 N–H and O–H groups in total. The van der Waals surface area contributed by atoms with Crippen LogP contribution in [0.15, 0.2) is 18.2 Å². The normalized spacial score (nSPS) is 18.9. The van der Waals surface area contributed by atoms with Crippen molar-refractivity contribution in [1.82, 2.24) is 0 Å². The minimum Gasteiger partial charge on any atom is -0.487 e. The third-order valence-corrected chi connectivity index (χ3v) is 3.48. The predicted molar refractivity (Wildman–Crippen MR) is 71.4 cm³/mol. The molecular weight excluding hydrogens is 210 g/mol. The molecule has 1 aromatic carbocycles. The van der Waals surface area contributed by atoms with Crippen LogP contribution in [0, 0.1) is 5.92 Å². The molecule has 2 nitrogen and oxygen atoms in total. The number of para-hydroxylation sites is 1. The molecule has 0 fully saturated rings. The van der Waals surface area contributed by atoms with Crippen molar-refractivity contribution < 1.29 is 4.74 Å². The van der Waals surface area contributed by atoms with Crippen molar-refractivity contribution in [3.63, 3.8) is 0 Å². The van der Waals surface area contributed by atoms with Crippen LogP contribution in [0.5, 0.6) is 5.75 Å². The van der Waals surface area contributed by atoms with Gasteiger partial charge in [0.1, 0.15) is 11.4 Å². The van der Waals surface area contributed by atoms with Crippen molar-refractivity contribution in [3.8, 4) is 5.75 Å². The fourth-order valence-corrected chi connectivity index (χ4v) is 2.33. The Balaban J connectivity index is 2.24. The highest BCUT2D eigenvalue weighted by Crippen LogP contribution is 2.38. The van der Waals surface area contributed by atoms with Crippen molar-refractivity contribution in [2.45, 2.75) is 52.2 Å². The van der Waals surface area contributed by atoms with Crippen LogP contribution in [0.1, 0.15) is 38.8 Å². The van der Waals surface area contributed by atoms with Crippen molar-refractivity contribution in [3.05, 3.63) is 29.3 Å². The second-order valence-electron chi connectivity index (χ2n) is 6.06. The maximum atomic E-state index is 6.15. The van der Waals surface area contributed by atoms with Gasteiger partial charge in [0.15, 0.2) is 0 Å². The zero-order valence-corrected chi connectivity index (χ0v) is 11.3. The molecule has 0 radical (unpaired) electrons. The molecule has 94 valence electrons. The van der Waals surface area contributed by atoms with E-state index in [4.69, 9.17) is 10.5 Å². The first-order valence-electron chi connectivity index (χ1n) is 6.44. The number of hydrogen-bond donors (Lipinski definition) is 1. The highest BCUT2D eigenvalue weighted by atomic mass is 16.5. The van der Waals surface area contributed by atoms with Gasteiger partial charge >= 0.3 is 0 Å². The highest BCUT2D eigenvalue weighted by molar-refractivity contribution is 5.46. The first-order valence-corrected chi connectivity index (χ1v) is 6.44. The molecule has 1 atom stereocenters. The topological polar surface area (TPSA) is 35.2 Å². The molecule has 0 aromatic heterocycles. The van der Waals surface area contributed by atoms with Crippen LogP contribution in [0.2, 0.25) is 0 Å². The molecule has 0 saturated heterocycles. The van der Waals surface area contributed by atoms with Crippen LogP contribution in [0.3, 0.4) is 0 Å². The van der Waals surface area contributed by atoms with Crippen LogP contribution in [0.25, 0.3) is 0 Å². The summed E-state index contributed by atoms with van der Waals surface area (Å²) in [4.78, 5) is 0. The third kappa shape index (κ3) is 2.63. The fourth-order valence-electron chi connectivity index (χ4n) is 2.33. The van der Waals surface area contributed by atoms with E-state index in [1.54, 1.807) is 0 Å². The molecule has 1 heterocycles. The Morgan fingerprint density at radius 1 is 1.35 bits per heavy atom. The van der Waals surface area contributed by atoms with E-state index >= 15 is 0 Å². The van der Waals surface area contributed by atoms with Crippen molar-refractivity contribution in [2.75, 3.05) is 0 Å². The summed E-state index contributed by atoms with van der Waals surface area (Å²) in [5.41, 5.74) is 8.67. The van der Waals surface area contributed by atoms with Gasteiger partial charge in [0.25, 0.3) is 0 Å². The van der Waals surface area contributed by atoms with Crippen LogP contribution in [-0.4, -0.2) is 11.6 Å². The number of ether oxygens (including phenoxy) is 1. The lowest BCUT2D eigenvalue weighted by atomic mass is 9.94. The fraction of sp³-hybridized carbons (Fsp3) is 0.600. The van der Waals surface area contributed by atoms with Crippen molar-refractivity contribution in [1.29, 1.82) is 0 Å². The third-order valence-electron chi connectivity index (χ3n) is 3.48. The molecule has 1 aliphatic rings. The number of hydrogen-bond acceptors (Lipinski definition) is 2. The Morgan fingerprint density at radius 3 is 2.71 bits per heavy atom. The van der Waals surface area contributed by atoms with Crippen LogP contribution < -0.4 is 10.5 Å². The first-order chi connectivity index (χ1) is 7.89. The molecule has 2 rings (SSSR count). The van der Waals surface area contributed by atoms with Gasteiger partial charge in [-0.3, -0.25) is 0 Å². The monoisotopic (exact) mass is 233 g/mol. The summed E-state index contributed by atoms with van der Waals surface area (Å²) in [7, 11) is 0. The number of fused-ring (bicyclic) bond motifs is 1. The van der Waals surface area contributed by atoms with Crippen LogP contribution in [0.4, 0.5) is 0 Å². The molecule has 1 aromatic rings. The molecule has 0 saturated carbocycles. The molecule has 1 unspecified atom stereocenters. The maximum absolute atomic E-state index is 6.15. The zero-order valence-electron chi connectivity index (χ0n) is 11.3. The number of rotatable bonds is 3. The lowest BCUT2D eigenvalue weighted by molar-refractivity contribution is 0.137. The summed E-state index contributed by atoms with van der Waals surface area (Å²) in [6.07, 6.45) is 1.89. The maximum Gasteiger partial charge on any atom is 0.126 e. The van der Waals surface area contributed by atoms with Crippen molar-refractivity contribution >= 4 is 0 Å². The molecule has 0 bridgehead atoms. The Kier molecular flexibility index (Phi) is 3.17. The summed E-state index contributed by atoms with van der Waals surface area (Å²) >= 11 is 0. The summed E-state index contributed by atoms with van der Waals surface area (Å²) in [6, 6.07) is 6.62. The van der Waals surface area contributed by atoms with Gasteiger partial charge in [-0.1, -0.05) is 32.0 Å². The quantitative estimate of drug-likeness (QED) is 0.871. The van der Waals surface area contributed by atoms with Crippen LogP contribution in [-0.2, 0) is 12.8 Å².